The van der Waals surface area contributed by atoms with Crippen LogP contribution in [0.3, 0.4) is 0 Å². The number of benzene rings is 1. The number of rotatable bonds is 3. The summed E-state index contributed by atoms with van der Waals surface area (Å²) >= 11 is 1.52. The number of aromatic nitrogens is 1. The fourth-order valence-electron chi connectivity index (χ4n) is 1.94. The molecule has 0 bridgehead atoms. The second-order valence-electron chi connectivity index (χ2n) is 4.70. The number of halogens is 1. The summed E-state index contributed by atoms with van der Waals surface area (Å²) in [6.45, 7) is 5.86. The highest BCUT2D eigenvalue weighted by molar-refractivity contribution is 7.99. The Bertz CT molecular complexity index is 576. The molecule has 2 rings (SSSR count). The summed E-state index contributed by atoms with van der Waals surface area (Å²) in [5.41, 5.74) is 8.85. The Labute approximate surface area is 117 Å². The van der Waals surface area contributed by atoms with Crippen LogP contribution in [0.25, 0.3) is 0 Å². The van der Waals surface area contributed by atoms with Crippen LogP contribution >= 0.6 is 11.8 Å². The summed E-state index contributed by atoms with van der Waals surface area (Å²) in [6, 6.07) is 8.56. The van der Waals surface area contributed by atoms with Crippen molar-refractivity contribution in [1.82, 2.24) is 4.98 Å². The van der Waals surface area contributed by atoms with Gasteiger partial charge in [0.2, 0.25) is 0 Å². The molecule has 0 spiro atoms. The van der Waals surface area contributed by atoms with Gasteiger partial charge in [-0.3, -0.25) is 0 Å². The molecular weight excluding hydrogens is 259 g/mol. The Morgan fingerprint density at radius 3 is 2.58 bits per heavy atom. The predicted octanol–water partition coefficient (Wildman–Crippen LogP) is 4.01. The van der Waals surface area contributed by atoms with Crippen molar-refractivity contribution in [1.29, 1.82) is 0 Å². The van der Waals surface area contributed by atoms with E-state index in [1.54, 1.807) is 6.07 Å². The van der Waals surface area contributed by atoms with Crippen molar-refractivity contribution in [3.05, 3.63) is 53.0 Å². The molecule has 1 atom stereocenters. The maximum Gasteiger partial charge on any atom is 0.123 e. The molecule has 1 aromatic carbocycles. The highest BCUT2D eigenvalue weighted by Gasteiger charge is 2.10. The average Bonchev–Trinajstić information content (AvgIpc) is 2.30. The van der Waals surface area contributed by atoms with Gasteiger partial charge in [-0.25, -0.2) is 9.37 Å². The molecule has 0 aliphatic carbocycles. The number of nitrogens with two attached hydrogens (primary N) is 1. The van der Waals surface area contributed by atoms with Gasteiger partial charge in [0.25, 0.3) is 0 Å². The van der Waals surface area contributed by atoms with Crippen LogP contribution in [-0.4, -0.2) is 4.98 Å². The first-order valence-electron chi connectivity index (χ1n) is 6.14. The molecule has 0 saturated carbocycles. The molecule has 2 aromatic rings. The molecule has 0 unspecified atom stereocenters. The highest BCUT2D eigenvalue weighted by Crippen LogP contribution is 2.32. The summed E-state index contributed by atoms with van der Waals surface area (Å²) in [5.74, 6) is -0.259. The van der Waals surface area contributed by atoms with E-state index >= 15 is 0 Å². The van der Waals surface area contributed by atoms with Crippen molar-refractivity contribution in [2.75, 3.05) is 0 Å². The molecule has 2 N–H and O–H groups in total. The SMILES string of the molecule is Cc1cc(C)nc(Sc2ccc(F)cc2[C@H](C)N)c1. The Balaban J connectivity index is 2.37. The van der Waals surface area contributed by atoms with Crippen LogP contribution in [0.5, 0.6) is 0 Å². The smallest absolute Gasteiger partial charge is 0.123 e. The number of aryl methyl sites for hydroxylation is 2. The van der Waals surface area contributed by atoms with E-state index in [9.17, 15) is 4.39 Å². The van der Waals surface area contributed by atoms with E-state index in [1.165, 1.54) is 29.5 Å². The topological polar surface area (TPSA) is 38.9 Å². The predicted molar refractivity (Wildman–Crippen MR) is 76.8 cm³/mol. The number of pyridine rings is 1. The van der Waals surface area contributed by atoms with Crippen molar-refractivity contribution in [3.63, 3.8) is 0 Å². The van der Waals surface area contributed by atoms with Gasteiger partial charge in [0.05, 0.1) is 0 Å². The molecular formula is C15H17FN2S. The minimum atomic E-state index is -0.259. The average molecular weight is 276 g/mol. The third kappa shape index (κ3) is 3.55. The fourth-order valence-corrected chi connectivity index (χ4v) is 3.10. The lowest BCUT2D eigenvalue weighted by molar-refractivity contribution is 0.619. The Morgan fingerprint density at radius 1 is 1.21 bits per heavy atom. The van der Waals surface area contributed by atoms with Crippen molar-refractivity contribution >= 4 is 11.8 Å². The van der Waals surface area contributed by atoms with Crippen molar-refractivity contribution < 1.29 is 4.39 Å². The number of hydrogen-bond donors (Lipinski definition) is 1. The van der Waals surface area contributed by atoms with Crippen molar-refractivity contribution in [2.45, 2.75) is 36.7 Å². The minimum absolute atomic E-state index is 0.205. The van der Waals surface area contributed by atoms with E-state index in [-0.39, 0.29) is 11.9 Å². The van der Waals surface area contributed by atoms with Crippen LogP contribution in [-0.2, 0) is 0 Å². The largest absolute Gasteiger partial charge is 0.324 e. The lowest BCUT2D eigenvalue weighted by atomic mass is 10.1. The summed E-state index contributed by atoms with van der Waals surface area (Å²) in [7, 11) is 0. The zero-order valence-electron chi connectivity index (χ0n) is 11.3. The van der Waals surface area contributed by atoms with Gasteiger partial charge in [0.1, 0.15) is 10.8 Å². The summed E-state index contributed by atoms with van der Waals surface area (Å²) in [4.78, 5) is 5.43. The molecule has 1 heterocycles. The minimum Gasteiger partial charge on any atom is -0.324 e. The molecule has 0 aliphatic heterocycles. The molecule has 1 aromatic heterocycles. The first-order valence-corrected chi connectivity index (χ1v) is 6.95. The Hall–Kier alpha value is -1.39. The third-order valence-electron chi connectivity index (χ3n) is 2.75. The quantitative estimate of drug-likeness (QED) is 0.920. The van der Waals surface area contributed by atoms with Gasteiger partial charge in [0.15, 0.2) is 0 Å². The Kier molecular flexibility index (Phi) is 4.22. The summed E-state index contributed by atoms with van der Waals surface area (Å²) < 4.78 is 13.3. The molecule has 0 radical (unpaired) electrons. The molecule has 100 valence electrons. The first-order chi connectivity index (χ1) is 8.95. The first kappa shape index (κ1) is 14.0. The van der Waals surface area contributed by atoms with Crippen LogP contribution in [0.1, 0.15) is 29.8 Å². The molecule has 0 saturated heterocycles. The highest BCUT2D eigenvalue weighted by atomic mass is 32.2. The van der Waals surface area contributed by atoms with Crippen molar-refractivity contribution in [3.8, 4) is 0 Å². The van der Waals surface area contributed by atoms with Gasteiger partial charge < -0.3 is 5.73 Å². The van der Waals surface area contributed by atoms with Crippen LogP contribution in [0, 0.1) is 19.7 Å². The lowest BCUT2D eigenvalue weighted by Crippen LogP contribution is -2.07. The van der Waals surface area contributed by atoms with E-state index in [1.807, 2.05) is 32.9 Å². The number of nitrogens with zero attached hydrogens (tertiary/aromatic N) is 1. The Morgan fingerprint density at radius 2 is 1.95 bits per heavy atom. The van der Waals surface area contributed by atoms with Crippen LogP contribution in [0.2, 0.25) is 0 Å². The molecule has 0 amide bonds. The second kappa shape index (κ2) is 5.72. The monoisotopic (exact) mass is 276 g/mol. The summed E-state index contributed by atoms with van der Waals surface area (Å²) in [6.07, 6.45) is 0. The van der Waals surface area contributed by atoms with Crippen molar-refractivity contribution in [2.24, 2.45) is 5.73 Å². The summed E-state index contributed by atoms with van der Waals surface area (Å²) in [5, 5.41) is 0.908. The second-order valence-corrected chi connectivity index (χ2v) is 5.76. The normalized spacial score (nSPS) is 12.5. The van der Waals surface area contributed by atoms with E-state index in [4.69, 9.17) is 5.73 Å². The molecule has 2 nitrogen and oxygen atoms in total. The van der Waals surface area contributed by atoms with E-state index in [0.29, 0.717) is 0 Å². The standard InChI is InChI=1S/C15H17FN2S/c1-9-6-10(2)18-15(7-9)19-14-5-4-12(16)8-13(14)11(3)17/h4-8,11H,17H2,1-3H3/t11-/m0/s1. The van der Waals surface area contributed by atoms with Gasteiger partial charge in [-0.05, 0) is 62.2 Å². The van der Waals surface area contributed by atoms with Gasteiger partial charge in [-0.2, -0.15) is 0 Å². The zero-order valence-corrected chi connectivity index (χ0v) is 12.1. The molecule has 4 heteroatoms. The van der Waals surface area contributed by atoms with Crippen LogP contribution < -0.4 is 5.73 Å². The fraction of sp³-hybridized carbons (Fsp3) is 0.267. The molecule has 0 aliphatic rings. The zero-order chi connectivity index (χ0) is 14.0. The van der Waals surface area contributed by atoms with Gasteiger partial charge >= 0.3 is 0 Å². The van der Waals surface area contributed by atoms with E-state index < -0.39 is 0 Å². The number of hydrogen-bond acceptors (Lipinski definition) is 3. The van der Waals surface area contributed by atoms with Gasteiger partial charge in [0, 0.05) is 16.6 Å². The maximum atomic E-state index is 13.3. The van der Waals surface area contributed by atoms with E-state index in [2.05, 4.69) is 4.98 Å². The third-order valence-corrected chi connectivity index (χ3v) is 3.76. The maximum absolute atomic E-state index is 13.3. The lowest BCUT2D eigenvalue weighted by Gasteiger charge is -2.12. The van der Waals surface area contributed by atoms with Crippen LogP contribution in [0.15, 0.2) is 40.3 Å². The van der Waals surface area contributed by atoms with Gasteiger partial charge in [-0.15, -0.1) is 0 Å². The molecule has 0 fully saturated rings. The molecule has 19 heavy (non-hydrogen) atoms. The van der Waals surface area contributed by atoms with E-state index in [0.717, 1.165) is 21.2 Å². The van der Waals surface area contributed by atoms with Crippen LogP contribution in [0.4, 0.5) is 4.39 Å². The van der Waals surface area contributed by atoms with Gasteiger partial charge in [-0.1, -0.05) is 11.8 Å².